The Morgan fingerprint density at radius 1 is 0.750 bits per heavy atom. The van der Waals surface area contributed by atoms with Gasteiger partial charge in [0.15, 0.2) is 0 Å². The van der Waals surface area contributed by atoms with Gasteiger partial charge in [-0.25, -0.2) is 14.4 Å². The van der Waals surface area contributed by atoms with E-state index in [1.54, 1.807) is 61.8 Å². The minimum atomic E-state index is -0.487. The van der Waals surface area contributed by atoms with Gasteiger partial charge in [-0.05, 0) is 39.8 Å². The maximum Gasteiger partial charge on any atom is 0.342 e. The molecule has 1 fully saturated rings. The number of hydrogen-bond acceptors (Lipinski definition) is 9. The van der Waals surface area contributed by atoms with Crippen molar-refractivity contribution in [3.8, 4) is 11.5 Å². The minimum absolute atomic E-state index is 0.231. The number of ether oxygens (including phenoxy) is 4. The summed E-state index contributed by atoms with van der Waals surface area (Å²) in [5, 5.41) is 1.08. The van der Waals surface area contributed by atoms with Gasteiger partial charge < -0.3 is 27.8 Å². The zero-order valence-electron chi connectivity index (χ0n) is 23.2. The highest BCUT2D eigenvalue weighted by atomic mass is 16.5. The van der Waals surface area contributed by atoms with Crippen molar-refractivity contribution in [2.75, 3.05) is 50.3 Å². The van der Waals surface area contributed by atoms with Gasteiger partial charge >= 0.3 is 18.0 Å². The number of aryl methyl sites for hydroxylation is 2. The van der Waals surface area contributed by atoms with Gasteiger partial charge in [-0.2, -0.15) is 0 Å². The molecule has 40 heavy (non-hydrogen) atoms. The molecule has 0 aliphatic carbocycles. The Labute approximate surface area is 230 Å². The van der Waals surface area contributed by atoms with Crippen LogP contribution in [0.25, 0.3) is 21.9 Å². The number of carbonyl (C=O) groups excluding carboxylic acids is 3. The van der Waals surface area contributed by atoms with Gasteiger partial charge in [0.2, 0.25) is 0 Å². The van der Waals surface area contributed by atoms with Gasteiger partial charge in [0.25, 0.3) is 0 Å². The summed E-state index contributed by atoms with van der Waals surface area (Å²) in [6.45, 7) is 8.00. The van der Waals surface area contributed by atoms with Crippen molar-refractivity contribution in [2.24, 2.45) is 0 Å². The SMILES string of the molecule is CCOC(=O)c1c(C)oc2cc(N3CCN(c4cc5oc(C)c(C(=O)OCC)c5cc4OC)C3=O)c(OC)cc12. The lowest BCUT2D eigenvalue weighted by molar-refractivity contribution is 0.0516. The molecule has 1 saturated heterocycles. The summed E-state index contributed by atoms with van der Waals surface area (Å²) in [5.41, 5.74) is 2.49. The van der Waals surface area contributed by atoms with E-state index in [-0.39, 0.29) is 19.2 Å². The lowest BCUT2D eigenvalue weighted by Crippen LogP contribution is -2.32. The van der Waals surface area contributed by atoms with Crippen LogP contribution in [0.15, 0.2) is 33.1 Å². The van der Waals surface area contributed by atoms with Crippen molar-refractivity contribution in [1.82, 2.24) is 0 Å². The van der Waals surface area contributed by atoms with Crippen LogP contribution in [-0.2, 0) is 9.47 Å². The van der Waals surface area contributed by atoms with Crippen molar-refractivity contribution in [3.63, 3.8) is 0 Å². The molecule has 1 aliphatic heterocycles. The third-order valence-corrected chi connectivity index (χ3v) is 6.88. The molecule has 2 aromatic carbocycles. The number of esters is 2. The summed E-state index contributed by atoms with van der Waals surface area (Å²) in [4.78, 5) is 42.0. The van der Waals surface area contributed by atoms with E-state index < -0.39 is 11.9 Å². The van der Waals surface area contributed by atoms with Gasteiger partial charge in [0.05, 0.1) is 38.8 Å². The number of hydrogen-bond donors (Lipinski definition) is 0. The fourth-order valence-electron chi connectivity index (χ4n) is 5.12. The molecule has 5 rings (SSSR count). The summed E-state index contributed by atoms with van der Waals surface area (Å²) in [7, 11) is 2.99. The van der Waals surface area contributed by atoms with Gasteiger partial charge in [-0.1, -0.05) is 0 Å². The summed E-state index contributed by atoms with van der Waals surface area (Å²) in [6, 6.07) is 6.41. The van der Waals surface area contributed by atoms with Gasteiger partial charge in [0, 0.05) is 36.0 Å². The normalized spacial score (nSPS) is 13.4. The maximum atomic E-state index is 13.8. The molecule has 2 aromatic heterocycles. The number of methoxy groups -OCH3 is 2. The number of amides is 2. The van der Waals surface area contributed by atoms with Crippen LogP contribution in [0.2, 0.25) is 0 Å². The number of carbonyl (C=O) groups is 3. The Hall–Kier alpha value is -4.67. The van der Waals surface area contributed by atoms with Crippen LogP contribution in [-0.4, -0.2) is 58.5 Å². The number of nitrogens with zero attached hydrogens (tertiary/aromatic N) is 2. The third-order valence-electron chi connectivity index (χ3n) is 6.88. The Bertz CT molecular complexity index is 1530. The first-order valence-corrected chi connectivity index (χ1v) is 12.9. The monoisotopic (exact) mass is 550 g/mol. The fourth-order valence-corrected chi connectivity index (χ4v) is 5.12. The van der Waals surface area contributed by atoms with Crippen molar-refractivity contribution >= 4 is 51.3 Å². The second-order valence-electron chi connectivity index (χ2n) is 9.13. The molecular weight excluding hydrogens is 520 g/mol. The molecular formula is C29H30N2O9. The Balaban J connectivity index is 1.53. The molecule has 0 N–H and O–H groups in total. The number of anilines is 2. The smallest absolute Gasteiger partial charge is 0.342 e. The van der Waals surface area contributed by atoms with Crippen LogP contribution < -0.4 is 19.3 Å². The largest absolute Gasteiger partial charge is 0.495 e. The van der Waals surface area contributed by atoms with E-state index in [4.69, 9.17) is 27.8 Å². The van der Waals surface area contributed by atoms with E-state index in [0.717, 1.165) is 0 Å². The molecule has 0 unspecified atom stereocenters. The summed E-state index contributed by atoms with van der Waals surface area (Å²) < 4.78 is 33.4. The number of urea groups is 1. The number of furan rings is 2. The lowest BCUT2D eigenvalue weighted by Gasteiger charge is -2.22. The van der Waals surface area contributed by atoms with E-state index in [9.17, 15) is 14.4 Å². The molecule has 0 spiro atoms. The van der Waals surface area contributed by atoms with Gasteiger partial charge in [-0.15, -0.1) is 0 Å². The van der Waals surface area contributed by atoms with Crippen molar-refractivity contribution in [2.45, 2.75) is 27.7 Å². The van der Waals surface area contributed by atoms with Crippen LogP contribution in [0.4, 0.5) is 16.2 Å². The van der Waals surface area contributed by atoms with E-state index >= 15 is 0 Å². The molecule has 0 bridgehead atoms. The van der Waals surface area contributed by atoms with Crippen LogP contribution in [0.5, 0.6) is 11.5 Å². The Kier molecular flexibility index (Phi) is 7.05. The predicted molar refractivity (Wildman–Crippen MR) is 147 cm³/mol. The molecule has 0 atom stereocenters. The van der Waals surface area contributed by atoms with Crippen LogP contribution in [0.1, 0.15) is 46.1 Å². The highest BCUT2D eigenvalue weighted by Gasteiger charge is 2.36. The van der Waals surface area contributed by atoms with E-state index in [1.807, 2.05) is 0 Å². The van der Waals surface area contributed by atoms with Crippen molar-refractivity contribution < 1.29 is 42.2 Å². The summed E-state index contributed by atoms with van der Waals surface area (Å²) >= 11 is 0. The highest BCUT2D eigenvalue weighted by molar-refractivity contribution is 6.12. The highest BCUT2D eigenvalue weighted by Crippen LogP contribution is 2.42. The van der Waals surface area contributed by atoms with Crippen molar-refractivity contribution in [1.29, 1.82) is 0 Å². The Morgan fingerprint density at radius 3 is 1.50 bits per heavy atom. The predicted octanol–water partition coefficient (Wildman–Crippen LogP) is 5.61. The standard InChI is InChI=1S/C29H30N2O9/c1-7-37-27(32)25-15(3)39-21-13-19(23(35-5)11-17(21)25)30-9-10-31(29(30)34)20-14-22-18(12-24(20)36-6)26(16(4)40-22)28(33)38-8-2/h11-14H,7-10H2,1-6H3. The second-order valence-corrected chi connectivity index (χ2v) is 9.13. The van der Waals surface area contributed by atoms with Crippen LogP contribution in [0, 0.1) is 13.8 Å². The van der Waals surface area contributed by atoms with Gasteiger partial charge in [0.1, 0.15) is 45.3 Å². The average molecular weight is 551 g/mol. The summed E-state index contributed by atoms with van der Waals surface area (Å²) in [6.07, 6.45) is 0. The molecule has 0 radical (unpaired) electrons. The molecule has 210 valence electrons. The van der Waals surface area contributed by atoms with E-state index in [1.165, 1.54) is 14.2 Å². The first-order valence-electron chi connectivity index (χ1n) is 12.9. The summed E-state index contributed by atoms with van der Waals surface area (Å²) in [5.74, 6) is 0.652. The van der Waals surface area contributed by atoms with Crippen LogP contribution >= 0.6 is 0 Å². The van der Waals surface area contributed by atoms with Crippen LogP contribution in [0.3, 0.4) is 0 Å². The zero-order chi connectivity index (χ0) is 28.7. The van der Waals surface area contributed by atoms with E-state index in [2.05, 4.69) is 0 Å². The quantitative estimate of drug-likeness (QED) is 0.258. The topological polar surface area (TPSA) is 121 Å². The van der Waals surface area contributed by atoms with Gasteiger partial charge in [-0.3, -0.25) is 9.80 Å². The lowest BCUT2D eigenvalue weighted by atomic mass is 10.1. The molecule has 1 aliphatic rings. The molecule has 2 amide bonds. The number of fused-ring (bicyclic) bond motifs is 2. The Morgan fingerprint density at radius 2 is 1.15 bits per heavy atom. The maximum absolute atomic E-state index is 13.8. The van der Waals surface area contributed by atoms with Crippen molar-refractivity contribution in [3.05, 3.63) is 46.9 Å². The second kappa shape index (κ2) is 10.5. The molecule has 0 saturated carbocycles. The zero-order valence-corrected chi connectivity index (χ0v) is 23.2. The molecule has 3 heterocycles. The first kappa shape index (κ1) is 26.9. The number of benzene rings is 2. The average Bonchev–Trinajstić information content (AvgIpc) is 3.57. The third kappa shape index (κ3) is 4.27. The number of rotatable bonds is 8. The first-order chi connectivity index (χ1) is 19.2. The van der Waals surface area contributed by atoms with E-state index in [0.29, 0.717) is 80.5 Å². The minimum Gasteiger partial charge on any atom is -0.495 e. The molecule has 4 aromatic rings. The fraction of sp³-hybridized carbons (Fsp3) is 0.345. The molecule has 11 heteroatoms. The molecule has 11 nitrogen and oxygen atoms in total.